The van der Waals surface area contributed by atoms with Crippen LogP contribution in [0.5, 0.6) is 0 Å². The molecule has 7 nitrogen and oxygen atoms in total. The molecular weight excluding hydrogens is 334 g/mol. The van der Waals surface area contributed by atoms with Crippen LogP contribution in [0.25, 0.3) is 0 Å². The molecule has 2 aromatic rings. The Hall–Kier alpha value is -2.93. The van der Waals surface area contributed by atoms with Crippen LogP contribution in [0.4, 0.5) is 11.4 Å². The van der Waals surface area contributed by atoms with Gasteiger partial charge >= 0.3 is 0 Å². The van der Waals surface area contributed by atoms with Gasteiger partial charge in [-0.15, -0.1) is 0 Å². The first-order chi connectivity index (χ1) is 11.5. The van der Waals surface area contributed by atoms with Crippen molar-refractivity contribution in [3.63, 3.8) is 0 Å². The Morgan fingerprint density at radius 3 is 2.79 bits per heavy atom. The maximum Gasteiger partial charge on any atom is 0.270 e. The third-order valence-corrected chi connectivity index (χ3v) is 3.20. The van der Waals surface area contributed by atoms with Crippen molar-refractivity contribution in [2.75, 3.05) is 5.32 Å². The van der Waals surface area contributed by atoms with Gasteiger partial charge in [0.1, 0.15) is 0 Å². The van der Waals surface area contributed by atoms with Gasteiger partial charge in [0.15, 0.2) is 0 Å². The van der Waals surface area contributed by atoms with Gasteiger partial charge in [-0.05, 0) is 25.1 Å². The van der Waals surface area contributed by atoms with Crippen LogP contribution < -0.4 is 5.32 Å². The number of nitrogens with one attached hydrogen (secondary N) is 1. The number of nitrogens with zero attached hydrogens (tertiary/aromatic N) is 2. The zero-order valence-corrected chi connectivity index (χ0v) is 13.4. The van der Waals surface area contributed by atoms with Gasteiger partial charge in [-0.25, -0.2) is 0 Å². The van der Waals surface area contributed by atoms with Gasteiger partial charge in [0, 0.05) is 28.4 Å². The smallest absolute Gasteiger partial charge is 0.270 e. The van der Waals surface area contributed by atoms with Crippen molar-refractivity contribution in [2.45, 2.75) is 13.0 Å². The molecule has 0 saturated heterocycles. The van der Waals surface area contributed by atoms with Crippen molar-refractivity contribution in [3.8, 4) is 0 Å². The Bertz CT molecular complexity index is 779. The number of halogens is 1. The van der Waals surface area contributed by atoms with Crippen LogP contribution in [0.1, 0.15) is 12.5 Å². The Kier molecular flexibility index (Phi) is 5.86. The third kappa shape index (κ3) is 5.06. The molecule has 8 heteroatoms. The molecule has 0 spiro atoms. The van der Waals surface area contributed by atoms with E-state index < -0.39 is 16.9 Å². The van der Waals surface area contributed by atoms with E-state index in [2.05, 4.69) is 10.5 Å². The molecule has 0 aromatic heterocycles. The average molecular weight is 348 g/mol. The molecular formula is C16H14ClN3O4. The first-order valence-electron chi connectivity index (χ1n) is 6.96. The number of benzene rings is 2. The minimum absolute atomic E-state index is 0.0503. The van der Waals surface area contributed by atoms with Crippen LogP contribution in [-0.2, 0) is 9.63 Å². The monoisotopic (exact) mass is 347 g/mol. The summed E-state index contributed by atoms with van der Waals surface area (Å²) in [6.45, 7) is 1.53. The van der Waals surface area contributed by atoms with Gasteiger partial charge < -0.3 is 10.2 Å². The zero-order valence-electron chi connectivity index (χ0n) is 12.7. The molecule has 124 valence electrons. The molecule has 0 aliphatic rings. The molecule has 1 N–H and O–H groups in total. The van der Waals surface area contributed by atoms with E-state index in [1.54, 1.807) is 30.3 Å². The molecule has 0 bridgehead atoms. The Labute approximate surface area is 143 Å². The fraction of sp³-hybridized carbons (Fsp3) is 0.125. The van der Waals surface area contributed by atoms with Gasteiger partial charge in [-0.1, -0.05) is 35.0 Å². The van der Waals surface area contributed by atoms with E-state index >= 15 is 0 Å². The molecule has 1 amide bonds. The fourth-order valence-electron chi connectivity index (χ4n) is 1.76. The number of carbonyl (C=O) groups is 1. The molecule has 1 atom stereocenters. The minimum Gasteiger partial charge on any atom is -0.383 e. The van der Waals surface area contributed by atoms with E-state index in [1.807, 2.05) is 0 Å². The van der Waals surface area contributed by atoms with E-state index in [9.17, 15) is 14.9 Å². The topological polar surface area (TPSA) is 93.8 Å². The standard InChI is InChI=1S/C16H14ClN3O4/c1-11(16(21)19-14-6-3-5-13(17)9-14)24-18-10-12-4-2-7-15(8-12)20(22)23/h2-11H,1H3,(H,19,21). The summed E-state index contributed by atoms with van der Waals surface area (Å²) in [6, 6.07) is 12.6. The van der Waals surface area contributed by atoms with Gasteiger partial charge in [0.25, 0.3) is 11.6 Å². The summed E-state index contributed by atoms with van der Waals surface area (Å²) in [5, 5.41) is 17.5. The molecule has 0 saturated carbocycles. The minimum atomic E-state index is -0.848. The predicted octanol–water partition coefficient (Wildman–Crippen LogP) is 3.63. The number of anilines is 1. The van der Waals surface area contributed by atoms with Gasteiger partial charge in [0.2, 0.25) is 6.10 Å². The lowest BCUT2D eigenvalue weighted by molar-refractivity contribution is -0.384. The van der Waals surface area contributed by atoms with E-state index in [0.717, 1.165) is 0 Å². The first kappa shape index (κ1) is 17.4. The maximum atomic E-state index is 12.0. The normalized spacial score (nSPS) is 11.9. The van der Waals surface area contributed by atoms with Crippen molar-refractivity contribution in [2.24, 2.45) is 5.16 Å². The Balaban J connectivity index is 1.92. The second kappa shape index (κ2) is 8.07. The highest BCUT2D eigenvalue weighted by atomic mass is 35.5. The number of carbonyl (C=O) groups excluding carboxylic acids is 1. The van der Waals surface area contributed by atoms with Crippen molar-refractivity contribution < 1.29 is 14.6 Å². The number of amides is 1. The molecule has 1 unspecified atom stereocenters. The van der Waals surface area contributed by atoms with Crippen LogP contribution in [-0.4, -0.2) is 23.1 Å². The number of non-ortho nitro benzene ring substituents is 1. The van der Waals surface area contributed by atoms with Crippen molar-refractivity contribution in [1.82, 2.24) is 0 Å². The summed E-state index contributed by atoms with van der Waals surface area (Å²) >= 11 is 5.84. The van der Waals surface area contributed by atoms with Gasteiger partial charge in [0.05, 0.1) is 11.1 Å². The number of nitro benzene ring substituents is 1. The highest BCUT2D eigenvalue weighted by molar-refractivity contribution is 6.30. The lowest BCUT2D eigenvalue weighted by atomic mass is 10.2. The summed E-state index contributed by atoms with van der Waals surface area (Å²) in [5.74, 6) is -0.395. The molecule has 0 aliphatic heterocycles. The van der Waals surface area contributed by atoms with Crippen LogP contribution in [0.2, 0.25) is 5.02 Å². The summed E-state index contributed by atoms with van der Waals surface area (Å²) in [4.78, 5) is 27.2. The van der Waals surface area contributed by atoms with Crippen LogP contribution in [0.3, 0.4) is 0 Å². The van der Waals surface area contributed by atoms with E-state index in [4.69, 9.17) is 16.4 Å². The summed E-state index contributed by atoms with van der Waals surface area (Å²) in [7, 11) is 0. The van der Waals surface area contributed by atoms with Crippen molar-refractivity contribution in [3.05, 3.63) is 69.2 Å². The summed E-state index contributed by atoms with van der Waals surface area (Å²) < 4.78 is 0. The number of nitro groups is 1. The number of oxime groups is 1. The van der Waals surface area contributed by atoms with E-state index in [0.29, 0.717) is 16.3 Å². The number of hydrogen-bond donors (Lipinski definition) is 1. The molecule has 0 radical (unpaired) electrons. The van der Waals surface area contributed by atoms with Crippen LogP contribution in [0.15, 0.2) is 53.7 Å². The van der Waals surface area contributed by atoms with Gasteiger partial charge in [-0.2, -0.15) is 0 Å². The number of hydrogen-bond acceptors (Lipinski definition) is 5. The summed E-state index contributed by atoms with van der Waals surface area (Å²) in [5.41, 5.74) is 0.989. The van der Waals surface area contributed by atoms with E-state index in [1.165, 1.54) is 31.3 Å². The predicted molar refractivity (Wildman–Crippen MR) is 91.3 cm³/mol. The van der Waals surface area contributed by atoms with E-state index in [-0.39, 0.29) is 5.69 Å². The largest absolute Gasteiger partial charge is 0.383 e. The quantitative estimate of drug-likeness (QED) is 0.490. The van der Waals surface area contributed by atoms with Gasteiger partial charge in [-0.3, -0.25) is 14.9 Å². The lowest BCUT2D eigenvalue weighted by Crippen LogP contribution is -2.26. The molecule has 2 rings (SSSR count). The average Bonchev–Trinajstić information content (AvgIpc) is 2.55. The second-order valence-corrected chi connectivity index (χ2v) is 5.27. The SMILES string of the molecule is CC(ON=Cc1cccc([N+](=O)[O-])c1)C(=O)Nc1cccc(Cl)c1. The van der Waals surface area contributed by atoms with Crippen molar-refractivity contribution in [1.29, 1.82) is 0 Å². The highest BCUT2D eigenvalue weighted by Crippen LogP contribution is 2.15. The van der Waals surface area contributed by atoms with Crippen LogP contribution in [0, 0.1) is 10.1 Å². The Morgan fingerprint density at radius 1 is 1.33 bits per heavy atom. The summed E-state index contributed by atoms with van der Waals surface area (Å²) in [6.07, 6.45) is 0.454. The third-order valence-electron chi connectivity index (χ3n) is 2.96. The Morgan fingerprint density at radius 2 is 2.08 bits per heavy atom. The molecule has 0 heterocycles. The zero-order chi connectivity index (χ0) is 17.5. The molecule has 24 heavy (non-hydrogen) atoms. The van der Waals surface area contributed by atoms with Crippen molar-refractivity contribution >= 4 is 35.1 Å². The lowest BCUT2D eigenvalue weighted by Gasteiger charge is -2.10. The second-order valence-electron chi connectivity index (χ2n) is 4.83. The maximum absolute atomic E-state index is 12.0. The first-order valence-corrected chi connectivity index (χ1v) is 7.33. The fourth-order valence-corrected chi connectivity index (χ4v) is 1.95. The number of rotatable bonds is 6. The van der Waals surface area contributed by atoms with Crippen LogP contribution >= 0.6 is 11.6 Å². The molecule has 0 aliphatic carbocycles. The highest BCUT2D eigenvalue weighted by Gasteiger charge is 2.14. The molecule has 2 aromatic carbocycles. The molecule has 0 fully saturated rings.